The predicted octanol–water partition coefficient (Wildman–Crippen LogP) is 3.13. The lowest BCUT2D eigenvalue weighted by atomic mass is 9.91. The Morgan fingerprint density at radius 2 is 2.21 bits per heavy atom. The normalized spacial score (nSPS) is 26.7. The van der Waals surface area contributed by atoms with Gasteiger partial charge in [-0.15, -0.1) is 0 Å². The van der Waals surface area contributed by atoms with Crippen molar-refractivity contribution in [3.05, 3.63) is 34.3 Å². The smallest absolute Gasteiger partial charge is 0.0207 e. The SMILES string of the molecule is CC1(Cc2ccccc2Br)CCCN1. The average molecular weight is 254 g/mol. The third-order valence-electron chi connectivity index (χ3n) is 3.00. The molecule has 0 aromatic heterocycles. The summed E-state index contributed by atoms with van der Waals surface area (Å²) in [6.07, 6.45) is 3.71. The third kappa shape index (κ3) is 2.18. The molecular weight excluding hydrogens is 238 g/mol. The van der Waals surface area contributed by atoms with Crippen LogP contribution in [0.1, 0.15) is 25.3 Å². The topological polar surface area (TPSA) is 12.0 Å². The Labute approximate surface area is 94.0 Å². The van der Waals surface area contributed by atoms with Crippen LogP contribution in [0.25, 0.3) is 0 Å². The van der Waals surface area contributed by atoms with Crippen LogP contribution in [0.5, 0.6) is 0 Å². The van der Waals surface area contributed by atoms with E-state index >= 15 is 0 Å². The molecule has 0 radical (unpaired) electrons. The summed E-state index contributed by atoms with van der Waals surface area (Å²) in [5.74, 6) is 0. The second kappa shape index (κ2) is 4.03. The minimum atomic E-state index is 0.309. The maximum Gasteiger partial charge on any atom is 0.0207 e. The van der Waals surface area contributed by atoms with Gasteiger partial charge in [-0.25, -0.2) is 0 Å². The molecule has 1 atom stereocenters. The summed E-state index contributed by atoms with van der Waals surface area (Å²) in [7, 11) is 0. The second-order valence-electron chi connectivity index (χ2n) is 4.36. The highest BCUT2D eigenvalue weighted by atomic mass is 79.9. The molecule has 0 bridgehead atoms. The predicted molar refractivity (Wildman–Crippen MR) is 63.5 cm³/mol. The van der Waals surface area contributed by atoms with Gasteiger partial charge in [-0.3, -0.25) is 0 Å². The van der Waals surface area contributed by atoms with E-state index in [4.69, 9.17) is 0 Å². The first-order valence-corrected chi connectivity index (χ1v) is 5.97. The molecule has 1 saturated heterocycles. The second-order valence-corrected chi connectivity index (χ2v) is 5.21. The third-order valence-corrected chi connectivity index (χ3v) is 3.77. The van der Waals surface area contributed by atoms with Crippen molar-refractivity contribution in [2.45, 2.75) is 31.7 Å². The van der Waals surface area contributed by atoms with Crippen molar-refractivity contribution in [2.24, 2.45) is 0 Å². The Bertz CT molecular complexity index is 316. The van der Waals surface area contributed by atoms with Crippen LogP contribution in [0.2, 0.25) is 0 Å². The van der Waals surface area contributed by atoms with Gasteiger partial charge < -0.3 is 5.32 Å². The summed E-state index contributed by atoms with van der Waals surface area (Å²) < 4.78 is 1.23. The first-order valence-electron chi connectivity index (χ1n) is 5.18. The first kappa shape index (κ1) is 10.2. The van der Waals surface area contributed by atoms with Gasteiger partial charge in [0.15, 0.2) is 0 Å². The van der Waals surface area contributed by atoms with Crippen LogP contribution in [-0.2, 0) is 6.42 Å². The maximum absolute atomic E-state index is 3.60. The van der Waals surface area contributed by atoms with Crippen molar-refractivity contribution in [1.82, 2.24) is 5.32 Å². The fraction of sp³-hybridized carbons (Fsp3) is 0.500. The molecule has 1 unspecified atom stereocenters. The Balaban J connectivity index is 2.14. The summed E-state index contributed by atoms with van der Waals surface area (Å²) in [6.45, 7) is 3.49. The maximum atomic E-state index is 3.60. The molecule has 1 aliphatic heterocycles. The van der Waals surface area contributed by atoms with Gasteiger partial charge >= 0.3 is 0 Å². The van der Waals surface area contributed by atoms with Gasteiger partial charge in [0.2, 0.25) is 0 Å². The Morgan fingerprint density at radius 3 is 2.86 bits per heavy atom. The lowest BCUT2D eigenvalue weighted by Crippen LogP contribution is -2.38. The molecule has 0 spiro atoms. The zero-order valence-corrected chi connectivity index (χ0v) is 10.1. The van der Waals surface area contributed by atoms with Gasteiger partial charge in [-0.1, -0.05) is 34.1 Å². The van der Waals surface area contributed by atoms with Crippen molar-refractivity contribution < 1.29 is 0 Å². The fourth-order valence-corrected chi connectivity index (χ4v) is 2.60. The summed E-state index contributed by atoms with van der Waals surface area (Å²) in [5.41, 5.74) is 1.72. The van der Waals surface area contributed by atoms with Crippen molar-refractivity contribution in [3.63, 3.8) is 0 Å². The highest BCUT2D eigenvalue weighted by Crippen LogP contribution is 2.26. The molecule has 1 aliphatic rings. The fourth-order valence-electron chi connectivity index (χ4n) is 2.17. The molecule has 1 fully saturated rings. The van der Waals surface area contributed by atoms with Crippen LogP contribution >= 0.6 is 15.9 Å². The summed E-state index contributed by atoms with van der Waals surface area (Å²) in [6, 6.07) is 8.50. The first-order chi connectivity index (χ1) is 6.70. The molecule has 0 aliphatic carbocycles. The van der Waals surface area contributed by atoms with Crippen LogP contribution in [0.3, 0.4) is 0 Å². The van der Waals surface area contributed by atoms with Crippen molar-refractivity contribution >= 4 is 15.9 Å². The van der Waals surface area contributed by atoms with Gasteiger partial charge in [0.1, 0.15) is 0 Å². The quantitative estimate of drug-likeness (QED) is 0.854. The van der Waals surface area contributed by atoms with Crippen LogP contribution < -0.4 is 5.32 Å². The largest absolute Gasteiger partial charge is 0.311 e. The number of hydrogen-bond acceptors (Lipinski definition) is 1. The standard InChI is InChI=1S/C12H16BrN/c1-12(7-4-8-14-12)9-10-5-2-3-6-11(10)13/h2-3,5-6,14H,4,7-9H2,1H3. The number of hydrogen-bond donors (Lipinski definition) is 1. The molecule has 2 heteroatoms. The van der Waals surface area contributed by atoms with Crippen LogP contribution in [0.4, 0.5) is 0 Å². The number of halogens is 1. The van der Waals surface area contributed by atoms with E-state index in [1.54, 1.807) is 0 Å². The van der Waals surface area contributed by atoms with E-state index in [9.17, 15) is 0 Å². The number of benzene rings is 1. The van der Waals surface area contributed by atoms with E-state index in [0.717, 1.165) is 6.42 Å². The zero-order chi connectivity index (χ0) is 10.0. The van der Waals surface area contributed by atoms with Crippen LogP contribution in [-0.4, -0.2) is 12.1 Å². The monoisotopic (exact) mass is 253 g/mol. The average Bonchev–Trinajstić information content (AvgIpc) is 2.57. The van der Waals surface area contributed by atoms with Crippen molar-refractivity contribution in [3.8, 4) is 0 Å². The molecule has 76 valence electrons. The van der Waals surface area contributed by atoms with E-state index < -0.39 is 0 Å². The molecule has 1 nitrogen and oxygen atoms in total. The van der Waals surface area contributed by atoms with Crippen molar-refractivity contribution in [2.75, 3.05) is 6.54 Å². The molecule has 1 N–H and O–H groups in total. The highest BCUT2D eigenvalue weighted by Gasteiger charge is 2.28. The molecule has 14 heavy (non-hydrogen) atoms. The van der Waals surface area contributed by atoms with Crippen LogP contribution in [0, 0.1) is 0 Å². The van der Waals surface area contributed by atoms with Gasteiger partial charge in [0.05, 0.1) is 0 Å². The van der Waals surface area contributed by atoms with E-state index in [-0.39, 0.29) is 0 Å². The molecular formula is C12H16BrN. The summed E-state index contributed by atoms with van der Waals surface area (Å²) in [5, 5.41) is 3.59. The van der Waals surface area contributed by atoms with E-state index in [0.29, 0.717) is 5.54 Å². The Hall–Kier alpha value is -0.340. The van der Waals surface area contributed by atoms with Crippen LogP contribution in [0.15, 0.2) is 28.7 Å². The lowest BCUT2D eigenvalue weighted by molar-refractivity contribution is 0.412. The Kier molecular flexibility index (Phi) is 2.93. The Morgan fingerprint density at radius 1 is 1.43 bits per heavy atom. The van der Waals surface area contributed by atoms with E-state index in [1.807, 2.05) is 0 Å². The molecule has 0 amide bonds. The van der Waals surface area contributed by atoms with Gasteiger partial charge in [0.25, 0.3) is 0 Å². The minimum Gasteiger partial charge on any atom is -0.311 e. The van der Waals surface area contributed by atoms with Gasteiger partial charge in [-0.2, -0.15) is 0 Å². The van der Waals surface area contributed by atoms with Gasteiger partial charge in [-0.05, 0) is 44.4 Å². The minimum absolute atomic E-state index is 0.309. The summed E-state index contributed by atoms with van der Waals surface area (Å²) in [4.78, 5) is 0. The molecule has 1 heterocycles. The van der Waals surface area contributed by atoms with E-state index in [1.165, 1.54) is 29.4 Å². The van der Waals surface area contributed by atoms with Crippen molar-refractivity contribution in [1.29, 1.82) is 0 Å². The zero-order valence-electron chi connectivity index (χ0n) is 8.52. The molecule has 1 aromatic rings. The molecule has 1 aromatic carbocycles. The van der Waals surface area contributed by atoms with Gasteiger partial charge in [0, 0.05) is 10.0 Å². The molecule has 2 rings (SSSR count). The number of nitrogens with one attached hydrogen (secondary N) is 1. The lowest BCUT2D eigenvalue weighted by Gasteiger charge is -2.24. The highest BCUT2D eigenvalue weighted by molar-refractivity contribution is 9.10. The van der Waals surface area contributed by atoms with E-state index in [2.05, 4.69) is 52.4 Å². The number of rotatable bonds is 2. The molecule has 0 saturated carbocycles. The summed E-state index contributed by atoms with van der Waals surface area (Å²) >= 11 is 3.60.